The van der Waals surface area contributed by atoms with Gasteiger partial charge in [-0.05, 0) is 14.1 Å². The molecular formula is C9H21N3O2S. The normalized spacial score (nSPS) is 27.1. The Balaban J connectivity index is 2.51. The van der Waals surface area contributed by atoms with E-state index in [0.717, 1.165) is 13.1 Å². The Morgan fingerprint density at radius 2 is 2.13 bits per heavy atom. The molecule has 0 aromatic carbocycles. The van der Waals surface area contributed by atoms with Gasteiger partial charge in [0.1, 0.15) is 0 Å². The minimum absolute atomic E-state index is 0.00343. The van der Waals surface area contributed by atoms with Gasteiger partial charge in [0.15, 0.2) is 9.84 Å². The van der Waals surface area contributed by atoms with Crippen LogP contribution in [-0.2, 0) is 9.84 Å². The first-order valence-corrected chi connectivity index (χ1v) is 7.06. The van der Waals surface area contributed by atoms with Gasteiger partial charge in [0, 0.05) is 32.2 Å². The molecule has 1 atom stereocenters. The van der Waals surface area contributed by atoms with Crippen LogP contribution in [0.1, 0.15) is 0 Å². The van der Waals surface area contributed by atoms with Crippen LogP contribution in [0.25, 0.3) is 0 Å². The third-order valence-electron chi connectivity index (χ3n) is 2.76. The van der Waals surface area contributed by atoms with E-state index in [1.807, 2.05) is 14.1 Å². The summed E-state index contributed by atoms with van der Waals surface area (Å²) in [4.78, 5) is 4.28. The maximum absolute atomic E-state index is 11.4. The van der Waals surface area contributed by atoms with E-state index < -0.39 is 9.84 Å². The van der Waals surface area contributed by atoms with Crippen LogP contribution >= 0.6 is 0 Å². The van der Waals surface area contributed by atoms with E-state index in [9.17, 15) is 8.42 Å². The van der Waals surface area contributed by atoms with Crippen LogP contribution in [0.5, 0.6) is 0 Å². The zero-order valence-electron chi connectivity index (χ0n) is 9.52. The first-order valence-electron chi connectivity index (χ1n) is 5.24. The second kappa shape index (κ2) is 5.25. The Labute approximate surface area is 92.1 Å². The molecular weight excluding hydrogens is 214 g/mol. The Morgan fingerprint density at radius 3 is 2.67 bits per heavy atom. The van der Waals surface area contributed by atoms with Crippen LogP contribution < -0.4 is 5.73 Å². The van der Waals surface area contributed by atoms with Crippen molar-refractivity contribution in [1.82, 2.24) is 9.80 Å². The molecule has 1 aliphatic rings. The second-order valence-corrected chi connectivity index (χ2v) is 6.57. The van der Waals surface area contributed by atoms with Gasteiger partial charge in [-0.15, -0.1) is 0 Å². The predicted molar refractivity (Wildman–Crippen MR) is 61.6 cm³/mol. The lowest BCUT2D eigenvalue weighted by atomic mass is 10.2. The summed E-state index contributed by atoms with van der Waals surface area (Å²) in [5, 5.41) is 0. The van der Waals surface area contributed by atoms with Crippen molar-refractivity contribution in [3.63, 3.8) is 0 Å². The minimum atomic E-state index is -2.85. The van der Waals surface area contributed by atoms with Crippen molar-refractivity contribution in [2.24, 2.45) is 5.73 Å². The van der Waals surface area contributed by atoms with Gasteiger partial charge in [-0.2, -0.15) is 0 Å². The highest BCUT2D eigenvalue weighted by atomic mass is 32.2. The molecule has 0 aliphatic carbocycles. The molecule has 0 amide bonds. The maximum atomic E-state index is 11.4. The third kappa shape index (κ3) is 4.06. The number of hydrogen-bond acceptors (Lipinski definition) is 5. The molecule has 6 heteroatoms. The van der Waals surface area contributed by atoms with Crippen LogP contribution in [0.4, 0.5) is 0 Å². The molecule has 0 aromatic heterocycles. The van der Waals surface area contributed by atoms with E-state index in [1.54, 1.807) is 0 Å². The van der Waals surface area contributed by atoms with Crippen molar-refractivity contribution < 1.29 is 8.42 Å². The molecule has 0 radical (unpaired) electrons. The summed E-state index contributed by atoms with van der Waals surface area (Å²) in [6, 6.07) is 0.00343. The van der Waals surface area contributed by atoms with Gasteiger partial charge in [-0.25, -0.2) is 8.42 Å². The molecule has 1 rings (SSSR count). The number of sulfone groups is 1. The van der Waals surface area contributed by atoms with Crippen molar-refractivity contribution in [2.45, 2.75) is 6.04 Å². The Kier molecular flexibility index (Phi) is 4.51. The lowest BCUT2D eigenvalue weighted by Crippen LogP contribution is -2.53. The van der Waals surface area contributed by atoms with Gasteiger partial charge in [-0.1, -0.05) is 0 Å². The molecule has 1 unspecified atom stereocenters. The van der Waals surface area contributed by atoms with Gasteiger partial charge in [-0.3, -0.25) is 4.90 Å². The van der Waals surface area contributed by atoms with E-state index in [1.165, 1.54) is 0 Å². The monoisotopic (exact) mass is 235 g/mol. The lowest BCUT2D eigenvalue weighted by Gasteiger charge is -2.35. The van der Waals surface area contributed by atoms with Gasteiger partial charge in [0.2, 0.25) is 0 Å². The highest BCUT2D eigenvalue weighted by Gasteiger charge is 2.29. The minimum Gasteiger partial charge on any atom is -0.329 e. The highest BCUT2D eigenvalue weighted by Crippen LogP contribution is 2.10. The fourth-order valence-electron chi connectivity index (χ4n) is 1.76. The van der Waals surface area contributed by atoms with Gasteiger partial charge in [0.25, 0.3) is 0 Å². The molecule has 5 nitrogen and oxygen atoms in total. The number of nitrogens with two attached hydrogens (primary N) is 1. The standard InChI is InChI=1S/C9H21N3O2S/c1-11(2)3-4-12-5-6-15(13,14)8-9(12)7-10/h9H,3-8,10H2,1-2H3. The fraction of sp³-hybridized carbons (Fsp3) is 1.00. The summed E-state index contributed by atoms with van der Waals surface area (Å²) < 4.78 is 22.8. The molecule has 90 valence electrons. The van der Waals surface area contributed by atoms with Crippen molar-refractivity contribution in [1.29, 1.82) is 0 Å². The zero-order chi connectivity index (χ0) is 11.5. The average Bonchev–Trinajstić information content (AvgIpc) is 2.14. The van der Waals surface area contributed by atoms with E-state index in [0.29, 0.717) is 13.1 Å². The second-order valence-electron chi connectivity index (χ2n) is 4.34. The van der Waals surface area contributed by atoms with Crippen molar-refractivity contribution in [2.75, 3.05) is 51.8 Å². The summed E-state index contributed by atoms with van der Waals surface area (Å²) in [6.45, 7) is 2.88. The first-order chi connectivity index (χ1) is 6.94. The molecule has 1 saturated heterocycles. The summed E-state index contributed by atoms with van der Waals surface area (Å²) in [5.74, 6) is 0.494. The number of nitrogens with zero attached hydrogens (tertiary/aromatic N) is 2. The van der Waals surface area contributed by atoms with Crippen molar-refractivity contribution in [3.8, 4) is 0 Å². The molecule has 15 heavy (non-hydrogen) atoms. The average molecular weight is 235 g/mol. The van der Waals surface area contributed by atoms with Crippen molar-refractivity contribution in [3.05, 3.63) is 0 Å². The molecule has 0 spiro atoms. The van der Waals surface area contributed by atoms with Gasteiger partial charge < -0.3 is 10.6 Å². The zero-order valence-corrected chi connectivity index (χ0v) is 10.3. The molecule has 0 aromatic rings. The lowest BCUT2D eigenvalue weighted by molar-refractivity contribution is 0.196. The molecule has 1 heterocycles. The van der Waals surface area contributed by atoms with Crippen molar-refractivity contribution >= 4 is 9.84 Å². The summed E-state index contributed by atoms with van der Waals surface area (Å²) in [5.41, 5.74) is 5.60. The largest absolute Gasteiger partial charge is 0.329 e. The van der Waals surface area contributed by atoms with Crippen LogP contribution in [-0.4, -0.2) is 76.0 Å². The molecule has 2 N–H and O–H groups in total. The van der Waals surface area contributed by atoms with Crippen LogP contribution in [0.2, 0.25) is 0 Å². The van der Waals surface area contributed by atoms with Crippen LogP contribution in [0.15, 0.2) is 0 Å². The maximum Gasteiger partial charge on any atom is 0.153 e. The van der Waals surface area contributed by atoms with E-state index >= 15 is 0 Å². The first kappa shape index (κ1) is 12.9. The van der Waals surface area contributed by atoms with E-state index in [4.69, 9.17) is 5.73 Å². The predicted octanol–water partition coefficient (Wildman–Crippen LogP) is -1.39. The molecule has 0 saturated carbocycles. The summed E-state index contributed by atoms with van der Waals surface area (Å²) in [7, 11) is 1.17. The smallest absolute Gasteiger partial charge is 0.153 e. The third-order valence-corrected chi connectivity index (χ3v) is 4.46. The Hall–Kier alpha value is -0.170. The summed E-state index contributed by atoms with van der Waals surface area (Å²) >= 11 is 0. The van der Waals surface area contributed by atoms with E-state index in [-0.39, 0.29) is 17.5 Å². The Bertz CT molecular complexity index is 290. The molecule has 1 aliphatic heterocycles. The fourth-order valence-corrected chi connectivity index (χ4v) is 3.37. The highest BCUT2D eigenvalue weighted by molar-refractivity contribution is 7.91. The topological polar surface area (TPSA) is 66.6 Å². The molecule has 0 bridgehead atoms. The Morgan fingerprint density at radius 1 is 1.47 bits per heavy atom. The number of rotatable bonds is 4. The molecule has 1 fully saturated rings. The summed E-state index contributed by atoms with van der Waals surface area (Å²) in [6.07, 6.45) is 0. The van der Waals surface area contributed by atoms with Crippen LogP contribution in [0.3, 0.4) is 0 Å². The number of hydrogen-bond donors (Lipinski definition) is 1. The quantitative estimate of drug-likeness (QED) is 0.649. The SMILES string of the molecule is CN(C)CCN1CCS(=O)(=O)CC1CN. The number of likely N-dealkylation sites (N-methyl/N-ethyl adjacent to an activating group) is 1. The van der Waals surface area contributed by atoms with Gasteiger partial charge in [0.05, 0.1) is 11.5 Å². The van der Waals surface area contributed by atoms with Gasteiger partial charge >= 0.3 is 0 Å². The van der Waals surface area contributed by atoms with Crippen LogP contribution in [0, 0.1) is 0 Å². The van der Waals surface area contributed by atoms with E-state index in [2.05, 4.69) is 9.80 Å².